The fourth-order valence-electron chi connectivity index (χ4n) is 2.80. The number of amides is 1. The van der Waals surface area contributed by atoms with Gasteiger partial charge in [0.05, 0.1) is 21.2 Å². The maximum Gasteiger partial charge on any atom is 0.273 e. The summed E-state index contributed by atoms with van der Waals surface area (Å²) in [5.74, 6) is 0.244. The minimum Gasteiger partial charge on any atom is -0.311 e. The Morgan fingerprint density at radius 3 is 2.37 bits per heavy atom. The molecule has 0 bridgehead atoms. The number of aryl methyl sites for hydroxylation is 2. The van der Waals surface area contributed by atoms with E-state index in [9.17, 15) is 23.3 Å². The van der Waals surface area contributed by atoms with Crippen molar-refractivity contribution in [3.8, 4) is 5.69 Å². The average molecular weight is 429 g/mol. The summed E-state index contributed by atoms with van der Waals surface area (Å²) >= 11 is 0. The zero-order valence-corrected chi connectivity index (χ0v) is 17.2. The smallest absolute Gasteiger partial charge is 0.273 e. The van der Waals surface area contributed by atoms with Gasteiger partial charge in [0.2, 0.25) is 5.91 Å². The number of carbonyl (C=O) groups excluding carboxylic acids is 1. The molecule has 0 fully saturated rings. The van der Waals surface area contributed by atoms with Gasteiger partial charge in [0.25, 0.3) is 15.7 Å². The first-order valence-corrected chi connectivity index (χ1v) is 10.3. The Balaban J connectivity index is 1.87. The van der Waals surface area contributed by atoms with E-state index in [1.54, 1.807) is 25.1 Å². The van der Waals surface area contributed by atoms with Crippen molar-refractivity contribution in [2.45, 2.75) is 25.7 Å². The molecule has 10 nitrogen and oxygen atoms in total. The topological polar surface area (TPSA) is 136 Å². The third kappa shape index (κ3) is 4.46. The van der Waals surface area contributed by atoms with Gasteiger partial charge in [0, 0.05) is 30.3 Å². The summed E-state index contributed by atoms with van der Waals surface area (Å²) in [5.41, 5.74) is 1.68. The van der Waals surface area contributed by atoms with E-state index in [-0.39, 0.29) is 22.2 Å². The van der Waals surface area contributed by atoms with Gasteiger partial charge in [0.1, 0.15) is 5.82 Å². The SMILES string of the molecule is CC(=O)Nc1cc(C)nn1-c1ccc(NS(=O)(=O)c2ccc(C)c([N+](=O)[O-])c2)cc1. The van der Waals surface area contributed by atoms with Crippen LogP contribution in [0, 0.1) is 24.0 Å². The van der Waals surface area contributed by atoms with Crippen molar-refractivity contribution in [2.75, 3.05) is 10.0 Å². The van der Waals surface area contributed by atoms with Crippen molar-refractivity contribution < 1.29 is 18.1 Å². The molecule has 0 aliphatic carbocycles. The van der Waals surface area contributed by atoms with Crippen LogP contribution in [-0.2, 0) is 14.8 Å². The summed E-state index contributed by atoms with van der Waals surface area (Å²) in [4.78, 5) is 21.6. The number of sulfonamides is 1. The van der Waals surface area contributed by atoms with Gasteiger partial charge in [-0.1, -0.05) is 6.07 Å². The number of nitrogens with zero attached hydrogens (tertiary/aromatic N) is 3. The van der Waals surface area contributed by atoms with E-state index in [0.717, 1.165) is 6.07 Å². The third-order valence-electron chi connectivity index (χ3n) is 4.19. The molecule has 0 radical (unpaired) electrons. The maximum absolute atomic E-state index is 12.6. The van der Waals surface area contributed by atoms with Crippen LogP contribution in [-0.4, -0.2) is 29.0 Å². The Kier molecular flexibility index (Phi) is 5.56. The van der Waals surface area contributed by atoms with E-state index < -0.39 is 14.9 Å². The largest absolute Gasteiger partial charge is 0.311 e. The highest BCUT2D eigenvalue weighted by molar-refractivity contribution is 7.92. The summed E-state index contributed by atoms with van der Waals surface area (Å²) in [6.45, 7) is 4.71. The van der Waals surface area contributed by atoms with Gasteiger partial charge < -0.3 is 5.32 Å². The van der Waals surface area contributed by atoms with Gasteiger partial charge in [-0.15, -0.1) is 0 Å². The van der Waals surface area contributed by atoms with Crippen LogP contribution in [0.15, 0.2) is 53.4 Å². The van der Waals surface area contributed by atoms with Gasteiger partial charge in [0.15, 0.2) is 0 Å². The minimum atomic E-state index is -4.02. The number of rotatable bonds is 6. The molecule has 0 unspecified atom stereocenters. The molecular weight excluding hydrogens is 410 g/mol. The molecule has 156 valence electrons. The van der Waals surface area contributed by atoms with Gasteiger partial charge in [-0.3, -0.25) is 19.6 Å². The first-order valence-electron chi connectivity index (χ1n) is 8.79. The lowest BCUT2D eigenvalue weighted by Crippen LogP contribution is -2.14. The molecule has 0 saturated heterocycles. The number of anilines is 2. The van der Waals surface area contributed by atoms with Crippen LogP contribution >= 0.6 is 0 Å². The molecule has 0 spiro atoms. The molecule has 0 saturated carbocycles. The standard InChI is InChI=1S/C19H19N5O5S/c1-12-4-9-17(11-18(12)24(26)27)30(28,29)22-15-5-7-16(8-6-15)23-19(20-14(3)25)10-13(2)21-23/h4-11,22H,1-3H3,(H,20,25). The molecule has 2 N–H and O–H groups in total. The highest BCUT2D eigenvalue weighted by Crippen LogP contribution is 2.25. The molecule has 0 atom stereocenters. The van der Waals surface area contributed by atoms with Gasteiger partial charge in [-0.25, -0.2) is 13.1 Å². The summed E-state index contributed by atoms with van der Waals surface area (Å²) in [6.07, 6.45) is 0. The first-order chi connectivity index (χ1) is 14.1. The Morgan fingerprint density at radius 1 is 1.10 bits per heavy atom. The van der Waals surface area contributed by atoms with Crippen molar-refractivity contribution in [3.05, 3.63) is 69.9 Å². The van der Waals surface area contributed by atoms with Crippen molar-refractivity contribution in [3.63, 3.8) is 0 Å². The number of nitrogens with one attached hydrogen (secondary N) is 2. The quantitative estimate of drug-likeness (QED) is 0.456. The molecule has 1 amide bonds. The van der Waals surface area contributed by atoms with Gasteiger partial charge in [-0.05, 0) is 44.2 Å². The summed E-state index contributed by atoms with van der Waals surface area (Å²) in [5, 5.41) is 18.1. The Morgan fingerprint density at radius 2 is 1.77 bits per heavy atom. The van der Waals surface area contributed by atoms with Crippen LogP contribution in [0.3, 0.4) is 0 Å². The van der Waals surface area contributed by atoms with Crippen molar-refractivity contribution >= 4 is 33.1 Å². The third-order valence-corrected chi connectivity index (χ3v) is 5.57. The second-order valence-electron chi connectivity index (χ2n) is 6.62. The maximum atomic E-state index is 12.6. The van der Waals surface area contributed by atoms with Gasteiger partial charge in [-0.2, -0.15) is 5.10 Å². The number of nitro groups is 1. The predicted octanol–water partition coefficient (Wildman–Crippen LogP) is 3.16. The van der Waals surface area contributed by atoms with Crippen LogP contribution in [0.5, 0.6) is 0 Å². The molecular formula is C19H19N5O5S. The number of hydrogen-bond donors (Lipinski definition) is 2. The summed E-state index contributed by atoms with van der Waals surface area (Å²) < 4.78 is 29.2. The number of hydrogen-bond acceptors (Lipinski definition) is 6. The number of carbonyl (C=O) groups is 1. The lowest BCUT2D eigenvalue weighted by Gasteiger charge is -2.11. The number of benzene rings is 2. The molecule has 2 aromatic carbocycles. The van der Waals surface area contributed by atoms with Gasteiger partial charge >= 0.3 is 0 Å². The zero-order chi connectivity index (χ0) is 22.1. The van der Waals surface area contributed by atoms with E-state index in [4.69, 9.17) is 0 Å². The Bertz CT molecular complexity index is 1230. The molecule has 30 heavy (non-hydrogen) atoms. The molecule has 11 heteroatoms. The average Bonchev–Trinajstić information content (AvgIpc) is 3.01. The molecule has 3 aromatic rings. The number of aromatic nitrogens is 2. The number of nitro benzene ring substituents is 1. The van der Waals surface area contributed by atoms with E-state index in [2.05, 4.69) is 15.1 Å². The van der Waals surface area contributed by atoms with E-state index >= 15 is 0 Å². The van der Waals surface area contributed by atoms with Crippen LogP contribution in [0.2, 0.25) is 0 Å². The van der Waals surface area contributed by atoms with E-state index in [0.29, 0.717) is 22.8 Å². The molecule has 1 aromatic heterocycles. The highest BCUT2D eigenvalue weighted by atomic mass is 32.2. The first kappa shape index (κ1) is 21.0. The van der Waals surface area contributed by atoms with Crippen molar-refractivity contribution in [1.29, 1.82) is 0 Å². The minimum absolute atomic E-state index is 0.209. The normalized spacial score (nSPS) is 11.2. The van der Waals surface area contributed by atoms with Crippen LogP contribution in [0.1, 0.15) is 18.2 Å². The monoisotopic (exact) mass is 429 g/mol. The Hall–Kier alpha value is -3.73. The van der Waals surface area contributed by atoms with Crippen LogP contribution in [0.25, 0.3) is 5.69 Å². The zero-order valence-electron chi connectivity index (χ0n) is 16.4. The van der Waals surface area contributed by atoms with E-state index in [1.165, 1.54) is 42.8 Å². The lowest BCUT2D eigenvalue weighted by molar-refractivity contribution is -0.385. The molecule has 0 aliphatic rings. The highest BCUT2D eigenvalue weighted by Gasteiger charge is 2.20. The second kappa shape index (κ2) is 7.95. The molecule has 3 rings (SSSR count). The lowest BCUT2D eigenvalue weighted by atomic mass is 10.2. The van der Waals surface area contributed by atoms with Crippen molar-refractivity contribution in [1.82, 2.24) is 9.78 Å². The molecule has 1 heterocycles. The Labute approximate surface area is 172 Å². The fraction of sp³-hybridized carbons (Fsp3) is 0.158. The van der Waals surface area contributed by atoms with Crippen LogP contribution in [0.4, 0.5) is 17.2 Å². The molecule has 0 aliphatic heterocycles. The predicted molar refractivity (Wildman–Crippen MR) is 111 cm³/mol. The van der Waals surface area contributed by atoms with Crippen molar-refractivity contribution in [2.24, 2.45) is 0 Å². The summed E-state index contributed by atoms with van der Waals surface area (Å²) in [6, 6.07) is 11.8. The van der Waals surface area contributed by atoms with Crippen LogP contribution < -0.4 is 10.0 Å². The second-order valence-corrected chi connectivity index (χ2v) is 8.30. The summed E-state index contributed by atoms with van der Waals surface area (Å²) in [7, 11) is -4.02. The van der Waals surface area contributed by atoms with E-state index in [1.807, 2.05) is 0 Å². The fourth-order valence-corrected chi connectivity index (χ4v) is 3.88.